The van der Waals surface area contributed by atoms with Crippen LogP contribution in [0.15, 0.2) is 30.6 Å². The molecule has 5 nitrogen and oxygen atoms in total. The van der Waals surface area contributed by atoms with E-state index in [9.17, 15) is 13.6 Å². The molecule has 0 aliphatic heterocycles. The van der Waals surface area contributed by atoms with Crippen LogP contribution in [0.4, 0.5) is 8.78 Å². The van der Waals surface area contributed by atoms with Crippen molar-refractivity contribution in [3.63, 3.8) is 0 Å². The zero-order chi connectivity index (χ0) is 15.4. The molecule has 7 heteroatoms. The molecule has 1 N–H and O–H groups in total. The lowest BCUT2D eigenvalue weighted by molar-refractivity contribution is -0.122. The lowest BCUT2D eigenvalue weighted by atomic mass is 10.1. The first-order valence-corrected chi connectivity index (χ1v) is 6.49. The van der Waals surface area contributed by atoms with Gasteiger partial charge in [0.25, 0.3) is 6.43 Å². The summed E-state index contributed by atoms with van der Waals surface area (Å²) in [4.78, 5) is 15.9. The molecule has 1 atom stereocenters. The van der Waals surface area contributed by atoms with Crippen LogP contribution in [0.2, 0.25) is 0 Å². The largest absolute Gasteiger partial charge is 0.348 e. The minimum absolute atomic E-state index is 0.0941. The van der Waals surface area contributed by atoms with Crippen molar-refractivity contribution in [3.8, 4) is 0 Å². The molecule has 2 aromatic rings. The SMILES string of the molecule is Cc1cc(C(F)F)nn1CC(=O)N[C@H](C)c1cccnc1. The lowest BCUT2D eigenvalue weighted by Gasteiger charge is -2.14. The average Bonchev–Trinajstić information content (AvgIpc) is 2.81. The number of pyridine rings is 1. The van der Waals surface area contributed by atoms with Crippen molar-refractivity contribution in [2.45, 2.75) is 32.9 Å². The summed E-state index contributed by atoms with van der Waals surface area (Å²) >= 11 is 0. The number of rotatable bonds is 5. The maximum atomic E-state index is 12.5. The molecule has 0 saturated heterocycles. The number of alkyl halides is 2. The zero-order valence-corrected chi connectivity index (χ0v) is 11.8. The maximum absolute atomic E-state index is 12.5. The van der Waals surface area contributed by atoms with E-state index in [2.05, 4.69) is 15.4 Å². The zero-order valence-electron chi connectivity index (χ0n) is 11.8. The van der Waals surface area contributed by atoms with Gasteiger partial charge in [-0.25, -0.2) is 8.78 Å². The van der Waals surface area contributed by atoms with Gasteiger partial charge in [0.1, 0.15) is 12.2 Å². The molecule has 21 heavy (non-hydrogen) atoms. The monoisotopic (exact) mass is 294 g/mol. The number of carbonyl (C=O) groups is 1. The Hall–Kier alpha value is -2.31. The molecule has 0 unspecified atom stereocenters. The highest BCUT2D eigenvalue weighted by Crippen LogP contribution is 2.18. The lowest BCUT2D eigenvalue weighted by Crippen LogP contribution is -2.30. The Bertz CT molecular complexity index is 613. The van der Waals surface area contributed by atoms with Gasteiger partial charge >= 0.3 is 0 Å². The fraction of sp³-hybridized carbons (Fsp3) is 0.357. The molecule has 0 fully saturated rings. The first-order valence-electron chi connectivity index (χ1n) is 6.49. The standard InChI is InChI=1S/C14H16F2N4O/c1-9-6-12(14(15)16)19-20(9)8-13(21)18-10(2)11-4-3-5-17-7-11/h3-7,10,14H,8H2,1-2H3,(H,18,21)/t10-/m1/s1. The van der Waals surface area contributed by atoms with Crippen LogP contribution in [0.5, 0.6) is 0 Å². The van der Waals surface area contributed by atoms with Crippen molar-refractivity contribution < 1.29 is 13.6 Å². The van der Waals surface area contributed by atoms with E-state index in [1.54, 1.807) is 25.4 Å². The molecule has 112 valence electrons. The number of aryl methyl sites for hydroxylation is 1. The molecule has 0 radical (unpaired) electrons. The number of halogens is 2. The van der Waals surface area contributed by atoms with Gasteiger partial charge in [0.05, 0.1) is 6.04 Å². The summed E-state index contributed by atoms with van der Waals surface area (Å²) in [5.74, 6) is -0.293. The third kappa shape index (κ3) is 3.84. The van der Waals surface area contributed by atoms with E-state index < -0.39 is 6.43 Å². The second-order valence-electron chi connectivity index (χ2n) is 4.74. The predicted octanol–water partition coefficient (Wildman–Crippen LogP) is 2.40. The van der Waals surface area contributed by atoms with E-state index in [-0.39, 0.29) is 24.2 Å². The van der Waals surface area contributed by atoms with Gasteiger partial charge in [0, 0.05) is 18.1 Å². The number of amides is 1. The Balaban J connectivity index is 1.99. The van der Waals surface area contributed by atoms with Crippen LogP contribution in [0.3, 0.4) is 0 Å². The Morgan fingerprint density at radius 2 is 2.24 bits per heavy atom. The van der Waals surface area contributed by atoms with E-state index in [4.69, 9.17) is 0 Å². The summed E-state index contributed by atoms with van der Waals surface area (Å²) < 4.78 is 26.4. The minimum Gasteiger partial charge on any atom is -0.348 e. The summed E-state index contributed by atoms with van der Waals surface area (Å²) in [5.41, 5.74) is 1.08. The van der Waals surface area contributed by atoms with E-state index in [1.807, 2.05) is 13.0 Å². The summed E-state index contributed by atoms with van der Waals surface area (Å²) in [7, 11) is 0. The second kappa shape index (κ2) is 6.43. The smallest absolute Gasteiger partial charge is 0.282 e. The van der Waals surface area contributed by atoms with E-state index >= 15 is 0 Å². The van der Waals surface area contributed by atoms with Gasteiger partial charge in [-0.15, -0.1) is 0 Å². The highest BCUT2D eigenvalue weighted by atomic mass is 19.3. The van der Waals surface area contributed by atoms with Crippen molar-refractivity contribution in [2.75, 3.05) is 0 Å². The fourth-order valence-corrected chi connectivity index (χ4v) is 1.94. The van der Waals surface area contributed by atoms with Gasteiger partial charge in [-0.1, -0.05) is 6.07 Å². The van der Waals surface area contributed by atoms with E-state index in [1.165, 1.54) is 10.7 Å². The first kappa shape index (κ1) is 15.1. The van der Waals surface area contributed by atoms with Crippen molar-refractivity contribution in [1.82, 2.24) is 20.1 Å². The Morgan fingerprint density at radius 1 is 1.48 bits per heavy atom. The average molecular weight is 294 g/mol. The topological polar surface area (TPSA) is 59.8 Å². The van der Waals surface area contributed by atoms with Gasteiger partial charge in [-0.05, 0) is 31.5 Å². The number of aromatic nitrogens is 3. The highest BCUT2D eigenvalue weighted by Gasteiger charge is 2.16. The molecular weight excluding hydrogens is 278 g/mol. The predicted molar refractivity (Wildman–Crippen MR) is 72.7 cm³/mol. The van der Waals surface area contributed by atoms with Gasteiger partial charge < -0.3 is 5.32 Å². The maximum Gasteiger partial charge on any atom is 0.282 e. The minimum atomic E-state index is -2.64. The van der Waals surface area contributed by atoms with Crippen LogP contribution >= 0.6 is 0 Å². The molecular formula is C14H16F2N4O. The fourth-order valence-electron chi connectivity index (χ4n) is 1.94. The molecule has 2 heterocycles. The third-order valence-electron chi connectivity index (χ3n) is 3.08. The number of carbonyl (C=O) groups excluding carboxylic acids is 1. The van der Waals surface area contributed by atoms with Crippen LogP contribution < -0.4 is 5.32 Å². The van der Waals surface area contributed by atoms with Crippen molar-refractivity contribution in [3.05, 3.63) is 47.5 Å². The summed E-state index contributed by atoms with van der Waals surface area (Å²) in [6, 6.07) is 4.70. The highest BCUT2D eigenvalue weighted by molar-refractivity contribution is 5.76. The summed E-state index contributed by atoms with van der Waals surface area (Å²) in [6.45, 7) is 3.37. The Kier molecular flexibility index (Phi) is 4.62. The van der Waals surface area contributed by atoms with E-state index in [0.29, 0.717) is 5.69 Å². The van der Waals surface area contributed by atoms with Crippen LogP contribution in [-0.2, 0) is 11.3 Å². The Morgan fingerprint density at radius 3 is 2.81 bits per heavy atom. The molecule has 2 rings (SSSR count). The van der Waals surface area contributed by atoms with Crippen molar-refractivity contribution in [2.24, 2.45) is 0 Å². The number of nitrogens with one attached hydrogen (secondary N) is 1. The molecule has 0 aliphatic rings. The van der Waals surface area contributed by atoms with Gasteiger partial charge in [-0.3, -0.25) is 14.5 Å². The van der Waals surface area contributed by atoms with Crippen molar-refractivity contribution in [1.29, 1.82) is 0 Å². The van der Waals surface area contributed by atoms with Gasteiger partial charge in [0.15, 0.2) is 0 Å². The first-order chi connectivity index (χ1) is 9.97. The number of nitrogens with zero attached hydrogens (tertiary/aromatic N) is 3. The number of hydrogen-bond acceptors (Lipinski definition) is 3. The van der Waals surface area contributed by atoms with Crippen molar-refractivity contribution >= 4 is 5.91 Å². The van der Waals surface area contributed by atoms with E-state index in [0.717, 1.165) is 5.56 Å². The molecule has 0 bridgehead atoms. The summed E-state index contributed by atoms with van der Waals surface area (Å²) in [6.07, 6.45) is 0.679. The quantitative estimate of drug-likeness (QED) is 0.921. The Labute approximate surface area is 121 Å². The molecule has 0 spiro atoms. The van der Waals surface area contributed by atoms with Crippen LogP contribution in [-0.4, -0.2) is 20.7 Å². The second-order valence-corrected chi connectivity index (χ2v) is 4.74. The third-order valence-corrected chi connectivity index (χ3v) is 3.08. The number of hydrogen-bond donors (Lipinski definition) is 1. The summed E-state index contributed by atoms with van der Waals surface area (Å²) in [5, 5.41) is 6.51. The normalized spacial score (nSPS) is 12.4. The van der Waals surface area contributed by atoms with Crippen LogP contribution in [0.25, 0.3) is 0 Å². The van der Waals surface area contributed by atoms with Gasteiger partial charge in [-0.2, -0.15) is 5.10 Å². The van der Waals surface area contributed by atoms with Gasteiger partial charge in [0.2, 0.25) is 5.91 Å². The molecule has 0 aromatic carbocycles. The van der Waals surface area contributed by atoms with Crippen LogP contribution in [0.1, 0.15) is 36.3 Å². The molecule has 2 aromatic heterocycles. The van der Waals surface area contributed by atoms with Crippen LogP contribution in [0, 0.1) is 6.92 Å². The molecule has 0 saturated carbocycles. The molecule has 1 amide bonds. The molecule has 0 aliphatic carbocycles.